The van der Waals surface area contributed by atoms with E-state index in [0.29, 0.717) is 6.54 Å². The van der Waals surface area contributed by atoms with Crippen molar-refractivity contribution in [3.63, 3.8) is 0 Å². The van der Waals surface area contributed by atoms with Crippen molar-refractivity contribution in [1.29, 1.82) is 0 Å². The van der Waals surface area contributed by atoms with E-state index in [-0.39, 0.29) is 11.8 Å². The fourth-order valence-corrected chi connectivity index (χ4v) is 1.51. The van der Waals surface area contributed by atoms with Crippen LogP contribution in [0, 0.1) is 5.92 Å². The Kier molecular flexibility index (Phi) is 4.97. The topological polar surface area (TPSA) is 54.9 Å². The second-order valence-electron chi connectivity index (χ2n) is 3.32. The maximum atomic E-state index is 11.6. The van der Waals surface area contributed by atoms with E-state index < -0.39 is 0 Å². The highest BCUT2D eigenvalue weighted by atomic mass is 32.1. The largest absolute Gasteiger partial charge is 0.350 e. The summed E-state index contributed by atoms with van der Waals surface area (Å²) in [4.78, 5) is 11.6. The molecule has 4 nitrogen and oxygen atoms in total. The lowest BCUT2D eigenvalue weighted by Gasteiger charge is -2.08. The summed E-state index contributed by atoms with van der Waals surface area (Å²) in [7, 11) is 0. The van der Waals surface area contributed by atoms with Crippen LogP contribution in [0.4, 0.5) is 0 Å². The van der Waals surface area contributed by atoms with Crippen molar-refractivity contribution in [2.24, 2.45) is 5.92 Å². The van der Waals surface area contributed by atoms with Gasteiger partial charge in [-0.1, -0.05) is 23.6 Å². The predicted octanol–water partition coefficient (Wildman–Crippen LogP) is 1.76. The zero-order valence-electron chi connectivity index (χ0n) is 8.93. The van der Waals surface area contributed by atoms with Crippen LogP contribution >= 0.6 is 11.5 Å². The van der Waals surface area contributed by atoms with Gasteiger partial charge < -0.3 is 5.32 Å². The number of carbonyl (C=O) groups excluding carboxylic acids is 1. The Balaban J connectivity index is 2.29. The fourth-order valence-electron chi connectivity index (χ4n) is 1.06. The summed E-state index contributed by atoms with van der Waals surface area (Å²) >= 11 is 1.29. The average molecular weight is 225 g/mol. The van der Waals surface area contributed by atoms with E-state index in [1.807, 2.05) is 31.4 Å². The first kappa shape index (κ1) is 11.8. The van der Waals surface area contributed by atoms with Crippen molar-refractivity contribution in [2.45, 2.75) is 26.8 Å². The first-order valence-corrected chi connectivity index (χ1v) is 5.72. The maximum absolute atomic E-state index is 11.6. The molecule has 0 aliphatic carbocycles. The van der Waals surface area contributed by atoms with E-state index in [0.717, 1.165) is 12.1 Å². The van der Waals surface area contributed by atoms with E-state index in [9.17, 15) is 4.79 Å². The normalized spacial score (nSPS) is 12.9. The van der Waals surface area contributed by atoms with Gasteiger partial charge in [0.15, 0.2) is 0 Å². The van der Waals surface area contributed by atoms with Crippen molar-refractivity contribution in [1.82, 2.24) is 14.9 Å². The minimum absolute atomic E-state index is 0.00722. The fraction of sp³-hybridized carbons (Fsp3) is 0.500. The third-order valence-corrected chi connectivity index (χ3v) is 2.58. The molecule has 0 saturated carbocycles. The molecule has 1 aromatic heterocycles. The Morgan fingerprint density at radius 3 is 3.13 bits per heavy atom. The summed E-state index contributed by atoms with van der Waals surface area (Å²) in [6.07, 6.45) is 4.72. The second kappa shape index (κ2) is 6.29. The average Bonchev–Trinajstić information content (AvgIpc) is 2.75. The van der Waals surface area contributed by atoms with Crippen LogP contribution in [0.25, 0.3) is 0 Å². The number of hydrogen-bond acceptors (Lipinski definition) is 4. The standard InChI is InChI=1S/C10H15N3OS/c1-3-4-5-8(2)10(14)11-6-9-7-15-13-12-9/h3-4,7-8H,5-6H2,1-2H3,(H,11,14)/b4-3+. The van der Waals surface area contributed by atoms with Gasteiger partial charge >= 0.3 is 0 Å². The second-order valence-corrected chi connectivity index (χ2v) is 3.93. The first-order valence-electron chi connectivity index (χ1n) is 4.88. The molecule has 0 aliphatic rings. The van der Waals surface area contributed by atoms with Crippen LogP contribution in [0.3, 0.4) is 0 Å². The van der Waals surface area contributed by atoms with Gasteiger partial charge in [0.05, 0.1) is 12.2 Å². The van der Waals surface area contributed by atoms with Crippen LogP contribution in [0.5, 0.6) is 0 Å². The van der Waals surface area contributed by atoms with Gasteiger partial charge in [0.25, 0.3) is 0 Å². The number of carbonyl (C=O) groups is 1. The summed E-state index contributed by atoms with van der Waals surface area (Å²) in [5.41, 5.74) is 0.812. The molecule has 1 atom stereocenters. The summed E-state index contributed by atoms with van der Waals surface area (Å²) in [5, 5.41) is 8.50. The lowest BCUT2D eigenvalue weighted by atomic mass is 10.1. The number of amides is 1. The lowest BCUT2D eigenvalue weighted by molar-refractivity contribution is -0.124. The van der Waals surface area contributed by atoms with E-state index in [4.69, 9.17) is 0 Å². The number of rotatable bonds is 5. The van der Waals surface area contributed by atoms with Crippen LogP contribution in [-0.4, -0.2) is 15.5 Å². The van der Waals surface area contributed by atoms with Crippen LogP contribution in [0.2, 0.25) is 0 Å². The molecule has 0 aliphatic heterocycles. The number of allylic oxidation sites excluding steroid dienone is 2. The van der Waals surface area contributed by atoms with Crippen molar-refractivity contribution < 1.29 is 4.79 Å². The van der Waals surface area contributed by atoms with Crippen LogP contribution in [0.1, 0.15) is 26.0 Å². The summed E-state index contributed by atoms with van der Waals surface area (Å²) in [5.74, 6) is 0.0638. The van der Waals surface area contributed by atoms with Crippen LogP contribution in [-0.2, 0) is 11.3 Å². The molecule has 0 aromatic carbocycles. The summed E-state index contributed by atoms with van der Waals surface area (Å²) in [6, 6.07) is 0. The molecule has 1 amide bonds. The summed E-state index contributed by atoms with van der Waals surface area (Å²) < 4.78 is 3.72. The van der Waals surface area contributed by atoms with Gasteiger partial charge in [-0.2, -0.15) is 0 Å². The molecule has 1 unspecified atom stereocenters. The Hall–Kier alpha value is -1.23. The van der Waals surface area contributed by atoms with Crippen molar-refractivity contribution >= 4 is 17.4 Å². The minimum atomic E-state index is 0.00722. The van der Waals surface area contributed by atoms with Crippen molar-refractivity contribution in [3.05, 3.63) is 23.2 Å². The van der Waals surface area contributed by atoms with Gasteiger partial charge in [-0.25, -0.2) is 0 Å². The molecular formula is C10H15N3OS. The highest BCUT2D eigenvalue weighted by molar-refractivity contribution is 7.03. The number of nitrogens with one attached hydrogen (secondary N) is 1. The number of hydrogen-bond donors (Lipinski definition) is 1. The van der Waals surface area contributed by atoms with Gasteiger partial charge in [0, 0.05) is 11.3 Å². The SMILES string of the molecule is C/C=C/CC(C)C(=O)NCc1csnn1. The molecule has 1 rings (SSSR count). The Morgan fingerprint density at radius 2 is 2.53 bits per heavy atom. The predicted molar refractivity (Wildman–Crippen MR) is 60.4 cm³/mol. The Bertz CT molecular complexity index is 321. The quantitative estimate of drug-likeness (QED) is 0.777. The minimum Gasteiger partial charge on any atom is -0.350 e. The molecule has 5 heteroatoms. The number of aromatic nitrogens is 2. The van der Waals surface area contributed by atoms with Crippen molar-refractivity contribution in [2.75, 3.05) is 0 Å². The van der Waals surface area contributed by atoms with E-state index in [1.165, 1.54) is 11.5 Å². The molecule has 82 valence electrons. The zero-order valence-corrected chi connectivity index (χ0v) is 9.75. The molecule has 0 radical (unpaired) electrons. The molecule has 0 saturated heterocycles. The van der Waals surface area contributed by atoms with E-state index >= 15 is 0 Å². The molecule has 1 heterocycles. The van der Waals surface area contributed by atoms with E-state index in [1.54, 1.807) is 0 Å². The third kappa shape index (κ3) is 4.20. The first-order chi connectivity index (χ1) is 7.24. The zero-order chi connectivity index (χ0) is 11.1. The maximum Gasteiger partial charge on any atom is 0.223 e. The highest BCUT2D eigenvalue weighted by Gasteiger charge is 2.10. The Labute approximate surface area is 93.6 Å². The van der Waals surface area contributed by atoms with Crippen molar-refractivity contribution in [3.8, 4) is 0 Å². The van der Waals surface area contributed by atoms with Gasteiger partial charge in [0.1, 0.15) is 0 Å². The Morgan fingerprint density at radius 1 is 1.73 bits per heavy atom. The molecule has 1 N–H and O–H groups in total. The van der Waals surface area contributed by atoms with Gasteiger partial charge in [0.2, 0.25) is 5.91 Å². The van der Waals surface area contributed by atoms with Crippen LogP contribution in [0.15, 0.2) is 17.5 Å². The van der Waals surface area contributed by atoms with Gasteiger partial charge in [-0.15, -0.1) is 5.10 Å². The van der Waals surface area contributed by atoms with Gasteiger partial charge in [-0.05, 0) is 24.9 Å². The molecular weight excluding hydrogens is 210 g/mol. The highest BCUT2D eigenvalue weighted by Crippen LogP contribution is 2.03. The lowest BCUT2D eigenvalue weighted by Crippen LogP contribution is -2.28. The number of nitrogens with zero attached hydrogens (tertiary/aromatic N) is 2. The summed E-state index contributed by atoms with van der Waals surface area (Å²) in [6.45, 7) is 4.33. The molecule has 0 fully saturated rings. The van der Waals surface area contributed by atoms with Gasteiger partial charge in [-0.3, -0.25) is 4.79 Å². The molecule has 0 spiro atoms. The molecule has 15 heavy (non-hydrogen) atoms. The van der Waals surface area contributed by atoms with Crippen LogP contribution < -0.4 is 5.32 Å². The molecule has 0 bridgehead atoms. The smallest absolute Gasteiger partial charge is 0.223 e. The van der Waals surface area contributed by atoms with E-state index in [2.05, 4.69) is 14.9 Å². The molecule has 1 aromatic rings. The monoisotopic (exact) mass is 225 g/mol. The third-order valence-electron chi connectivity index (χ3n) is 2.02.